The van der Waals surface area contributed by atoms with Gasteiger partial charge in [0.05, 0.1) is 0 Å². The molecule has 0 saturated heterocycles. The van der Waals surface area contributed by atoms with E-state index in [1.807, 2.05) is 0 Å². The summed E-state index contributed by atoms with van der Waals surface area (Å²) in [4.78, 5) is 31.9. The number of carbonyl (C=O) groups excluding carboxylic acids is 2. The van der Waals surface area contributed by atoms with E-state index in [9.17, 15) is 14.4 Å². The molecule has 0 aliphatic carbocycles. The molecule has 0 aromatic heterocycles. The van der Waals surface area contributed by atoms with E-state index < -0.39 is 30.0 Å². The van der Waals surface area contributed by atoms with Gasteiger partial charge in [0, 0.05) is 13.8 Å². The zero-order valence-electron chi connectivity index (χ0n) is 8.29. The number of amides is 1. The van der Waals surface area contributed by atoms with E-state index in [-0.39, 0.29) is 0 Å². The number of carbonyl (C=O) groups is 3. The number of hydrogen-bond acceptors (Lipinski definition) is 4. The minimum Gasteiger partial charge on any atom is -0.479 e. The molecule has 0 fully saturated rings. The second-order valence-corrected chi connectivity index (χ2v) is 3.10. The van der Waals surface area contributed by atoms with E-state index in [4.69, 9.17) is 5.11 Å². The number of ether oxygens (including phenoxy) is 1. The molecule has 0 aromatic carbocycles. The molecule has 0 saturated carbocycles. The van der Waals surface area contributed by atoms with Gasteiger partial charge < -0.3 is 15.2 Å². The second-order valence-electron chi connectivity index (χ2n) is 3.10. The number of nitrogens with one attached hydrogen (secondary N) is 1. The van der Waals surface area contributed by atoms with Gasteiger partial charge >= 0.3 is 11.9 Å². The maximum absolute atomic E-state index is 10.8. The van der Waals surface area contributed by atoms with E-state index in [1.165, 1.54) is 13.8 Å². The van der Waals surface area contributed by atoms with Crippen LogP contribution >= 0.6 is 0 Å². The standard InChI is InChI=1S/C8H13NO5/c1-5(10)9-8(3,7(12)13)4-14-6(2)11/h4H2,1-3H3,(H,9,10)(H,12,13)/t8-/m0/s1. The monoisotopic (exact) mass is 203 g/mol. The maximum atomic E-state index is 10.8. The molecule has 0 aliphatic rings. The van der Waals surface area contributed by atoms with E-state index in [2.05, 4.69) is 10.1 Å². The molecule has 0 aromatic rings. The first-order chi connectivity index (χ1) is 6.28. The molecule has 6 nitrogen and oxygen atoms in total. The first kappa shape index (κ1) is 12.4. The van der Waals surface area contributed by atoms with E-state index in [0.29, 0.717) is 0 Å². The molecule has 0 aliphatic heterocycles. The van der Waals surface area contributed by atoms with Crippen LogP contribution in [0.3, 0.4) is 0 Å². The van der Waals surface area contributed by atoms with Gasteiger partial charge in [-0.15, -0.1) is 0 Å². The molecule has 80 valence electrons. The van der Waals surface area contributed by atoms with Crippen LogP contribution in [0.4, 0.5) is 0 Å². The van der Waals surface area contributed by atoms with Crippen LogP contribution in [0.25, 0.3) is 0 Å². The molecule has 0 heterocycles. The summed E-state index contributed by atoms with van der Waals surface area (Å²) in [5.41, 5.74) is -1.57. The van der Waals surface area contributed by atoms with Gasteiger partial charge in [0.25, 0.3) is 0 Å². The van der Waals surface area contributed by atoms with Crippen molar-refractivity contribution in [2.45, 2.75) is 26.3 Å². The Morgan fingerprint density at radius 2 is 1.86 bits per heavy atom. The molecular formula is C8H13NO5. The number of esters is 1. The summed E-state index contributed by atoms with van der Waals surface area (Å²) in [6.45, 7) is 3.22. The predicted octanol–water partition coefficient (Wildman–Crippen LogP) is -0.471. The average Bonchev–Trinajstić information content (AvgIpc) is 1.99. The minimum absolute atomic E-state index is 0.392. The third-order valence-corrected chi connectivity index (χ3v) is 1.49. The van der Waals surface area contributed by atoms with Crippen LogP contribution in [0, 0.1) is 0 Å². The highest BCUT2D eigenvalue weighted by molar-refractivity contribution is 5.86. The highest BCUT2D eigenvalue weighted by Gasteiger charge is 2.35. The van der Waals surface area contributed by atoms with Crippen molar-refractivity contribution in [3.8, 4) is 0 Å². The number of carboxylic acid groups (broad SMARTS) is 1. The average molecular weight is 203 g/mol. The zero-order valence-corrected chi connectivity index (χ0v) is 8.29. The van der Waals surface area contributed by atoms with Gasteiger partial charge in [-0.05, 0) is 6.92 Å². The molecule has 0 spiro atoms. The number of hydrogen-bond donors (Lipinski definition) is 2. The van der Waals surface area contributed by atoms with Gasteiger partial charge in [-0.2, -0.15) is 0 Å². The topological polar surface area (TPSA) is 92.7 Å². The molecular weight excluding hydrogens is 190 g/mol. The van der Waals surface area contributed by atoms with Crippen molar-refractivity contribution in [3.63, 3.8) is 0 Å². The lowest BCUT2D eigenvalue weighted by Gasteiger charge is -2.24. The molecule has 0 rings (SSSR count). The minimum atomic E-state index is -1.57. The van der Waals surface area contributed by atoms with Crippen molar-refractivity contribution < 1.29 is 24.2 Å². The summed E-state index contributed by atoms with van der Waals surface area (Å²) >= 11 is 0. The molecule has 6 heteroatoms. The largest absolute Gasteiger partial charge is 0.479 e. The third kappa shape index (κ3) is 3.88. The molecule has 2 N–H and O–H groups in total. The fourth-order valence-electron chi connectivity index (χ4n) is 0.786. The molecule has 14 heavy (non-hydrogen) atoms. The van der Waals surface area contributed by atoms with Crippen molar-refractivity contribution in [2.75, 3.05) is 6.61 Å². The van der Waals surface area contributed by atoms with Crippen LogP contribution in [0.2, 0.25) is 0 Å². The van der Waals surface area contributed by atoms with Crippen molar-refractivity contribution in [1.82, 2.24) is 5.32 Å². The predicted molar refractivity (Wildman–Crippen MR) is 46.5 cm³/mol. The van der Waals surface area contributed by atoms with Gasteiger partial charge in [-0.3, -0.25) is 9.59 Å². The Labute approximate surface area is 81.2 Å². The van der Waals surface area contributed by atoms with Crippen molar-refractivity contribution in [1.29, 1.82) is 0 Å². The Bertz CT molecular complexity index is 262. The number of aliphatic carboxylic acids is 1. The molecule has 1 amide bonds. The van der Waals surface area contributed by atoms with E-state index >= 15 is 0 Å². The summed E-state index contributed by atoms with van der Waals surface area (Å²) in [5, 5.41) is 11.0. The van der Waals surface area contributed by atoms with E-state index in [1.54, 1.807) is 0 Å². The van der Waals surface area contributed by atoms with Gasteiger partial charge in [0.15, 0.2) is 5.54 Å². The van der Waals surface area contributed by atoms with Crippen molar-refractivity contribution >= 4 is 17.8 Å². The Morgan fingerprint density at radius 1 is 1.36 bits per heavy atom. The van der Waals surface area contributed by atoms with Gasteiger partial charge in [-0.25, -0.2) is 4.79 Å². The smallest absolute Gasteiger partial charge is 0.332 e. The summed E-state index contributed by atoms with van der Waals surface area (Å²) in [6, 6.07) is 0. The maximum Gasteiger partial charge on any atom is 0.332 e. The molecule has 0 bridgehead atoms. The first-order valence-electron chi connectivity index (χ1n) is 3.93. The fraction of sp³-hybridized carbons (Fsp3) is 0.625. The molecule has 1 atom stereocenters. The highest BCUT2D eigenvalue weighted by Crippen LogP contribution is 2.05. The SMILES string of the molecule is CC(=O)N[C@@](C)(COC(C)=O)C(=O)O. The quantitative estimate of drug-likeness (QED) is 0.602. The van der Waals surface area contributed by atoms with Crippen LogP contribution in [-0.4, -0.2) is 35.1 Å². The fourth-order valence-corrected chi connectivity index (χ4v) is 0.786. The first-order valence-corrected chi connectivity index (χ1v) is 3.93. The van der Waals surface area contributed by atoms with Crippen LogP contribution in [0.1, 0.15) is 20.8 Å². The van der Waals surface area contributed by atoms with Crippen molar-refractivity contribution in [3.05, 3.63) is 0 Å². The lowest BCUT2D eigenvalue weighted by atomic mass is 10.0. The number of rotatable bonds is 4. The lowest BCUT2D eigenvalue weighted by molar-refractivity contribution is -0.154. The summed E-state index contributed by atoms with van der Waals surface area (Å²) in [5.74, 6) is -2.35. The lowest BCUT2D eigenvalue weighted by Crippen LogP contribution is -2.55. The normalized spacial score (nSPS) is 13.9. The number of carboxylic acids is 1. The Kier molecular flexibility index (Phi) is 4.07. The van der Waals surface area contributed by atoms with Gasteiger partial charge in [0.2, 0.25) is 5.91 Å². The Hall–Kier alpha value is -1.59. The van der Waals surface area contributed by atoms with Crippen LogP contribution < -0.4 is 5.32 Å². The third-order valence-electron chi connectivity index (χ3n) is 1.49. The summed E-state index contributed by atoms with van der Waals surface area (Å²) in [7, 11) is 0. The Morgan fingerprint density at radius 3 is 2.14 bits per heavy atom. The van der Waals surface area contributed by atoms with Gasteiger partial charge in [0.1, 0.15) is 6.61 Å². The second kappa shape index (κ2) is 4.59. The van der Waals surface area contributed by atoms with Crippen LogP contribution in [0.15, 0.2) is 0 Å². The zero-order chi connectivity index (χ0) is 11.4. The van der Waals surface area contributed by atoms with Crippen LogP contribution in [0.5, 0.6) is 0 Å². The van der Waals surface area contributed by atoms with Crippen LogP contribution in [-0.2, 0) is 19.1 Å². The highest BCUT2D eigenvalue weighted by atomic mass is 16.5. The summed E-state index contributed by atoms with van der Waals surface area (Å²) in [6.07, 6.45) is 0. The molecule has 0 unspecified atom stereocenters. The summed E-state index contributed by atoms with van der Waals surface area (Å²) < 4.78 is 4.53. The van der Waals surface area contributed by atoms with Crippen molar-refractivity contribution in [2.24, 2.45) is 0 Å². The Balaban J connectivity index is 4.47. The van der Waals surface area contributed by atoms with Gasteiger partial charge in [-0.1, -0.05) is 0 Å². The van der Waals surface area contributed by atoms with E-state index in [0.717, 1.165) is 6.92 Å². The molecule has 0 radical (unpaired) electrons.